The van der Waals surface area contributed by atoms with E-state index in [0.717, 1.165) is 61.2 Å². The van der Waals surface area contributed by atoms with E-state index in [2.05, 4.69) is 211 Å². The van der Waals surface area contributed by atoms with Gasteiger partial charge in [0.15, 0.2) is 17.5 Å². The molecule has 0 aliphatic carbocycles. The minimum Gasteiger partial charge on any atom is -0.309 e. The fourth-order valence-corrected chi connectivity index (χ4v) is 8.47. The Labute approximate surface area is 354 Å². The molecule has 0 bridgehead atoms. The van der Waals surface area contributed by atoms with E-state index in [9.17, 15) is 0 Å². The van der Waals surface area contributed by atoms with E-state index in [0.29, 0.717) is 17.5 Å². The molecule has 11 aromatic rings. The quantitative estimate of drug-likeness (QED) is 0.154. The smallest absolute Gasteiger partial charge is 0.164 e. The maximum atomic E-state index is 5.26. The SMILES string of the molecule is c1ccc(-c2ccc(-c3nc(-c4ccccc4)nc(-c4cc(-c5ccccc5)c5c6ccccc6n(-c6cccc(-c7cccc(-c8ccccc8)c7)c6)c5c4)n3)cc2)cc1. The van der Waals surface area contributed by atoms with Crippen LogP contribution in [0.1, 0.15) is 0 Å². The van der Waals surface area contributed by atoms with E-state index in [-0.39, 0.29) is 0 Å². The maximum Gasteiger partial charge on any atom is 0.164 e. The van der Waals surface area contributed by atoms with Gasteiger partial charge in [-0.2, -0.15) is 0 Å². The van der Waals surface area contributed by atoms with E-state index in [1.807, 2.05) is 24.3 Å². The first-order valence-corrected chi connectivity index (χ1v) is 20.6. The second kappa shape index (κ2) is 15.5. The largest absolute Gasteiger partial charge is 0.309 e. The van der Waals surface area contributed by atoms with E-state index >= 15 is 0 Å². The van der Waals surface area contributed by atoms with Crippen molar-refractivity contribution in [2.45, 2.75) is 0 Å². The van der Waals surface area contributed by atoms with Gasteiger partial charge in [0.2, 0.25) is 0 Å². The van der Waals surface area contributed by atoms with Gasteiger partial charge in [0.1, 0.15) is 0 Å². The number of hydrogen-bond donors (Lipinski definition) is 0. The van der Waals surface area contributed by atoms with Gasteiger partial charge in [-0.1, -0.05) is 194 Å². The molecule has 2 aromatic heterocycles. The second-order valence-corrected chi connectivity index (χ2v) is 15.2. The summed E-state index contributed by atoms with van der Waals surface area (Å²) in [6.45, 7) is 0. The van der Waals surface area contributed by atoms with E-state index in [1.165, 1.54) is 27.5 Å². The number of rotatable bonds is 8. The van der Waals surface area contributed by atoms with Crippen LogP contribution in [-0.4, -0.2) is 19.5 Å². The van der Waals surface area contributed by atoms with Gasteiger partial charge in [-0.25, -0.2) is 15.0 Å². The molecule has 4 heteroatoms. The van der Waals surface area contributed by atoms with Gasteiger partial charge < -0.3 is 4.57 Å². The van der Waals surface area contributed by atoms with Crippen LogP contribution < -0.4 is 0 Å². The summed E-state index contributed by atoms with van der Waals surface area (Å²) >= 11 is 0. The molecular formula is C57H38N4. The molecule has 0 radical (unpaired) electrons. The molecule has 0 aliphatic rings. The Morgan fingerprint density at radius 2 is 0.689 bits per heavy atom. The molecule has 0 saturated carbocycles. The van der Waals surface area contributed by atoms with Gasteiger partial charge in [0.25, 0.3) is 0 Å². The highest BCUT2D eigenvalue weighted by Crippen LogP contribution is 2.42. The lowest BCUT2D eigenvalue weighted by atomic mass is 9.96. The predicted molar refractivity (Wildman–Crippen MR) is 252 cm³/mol. The summed E-state index contributed by atoms with van der Waals surface area (Å²) in [5.41, 5.74) is 15.3. The molecule has 0 amide bonds. The fraction of sp³-hybridized carbons (Fsp3) is 0. The molecule has 9 aromatic carbocycles. The van der Waals surface area contributed by atoms with Gasteiger partial charge in [-0.05, 0) is 80.9 Å². The van der Waals surface area contributed by atoms with Crippen LogP contribution in [0.4, 0.5) is 0 Å². The number of para-hydroxylation sites is 1. The summed E-state index contributed by atoms with van der Waals surface area (Å²) in [6, 6.07) is 81.2. The first-order valence-electron chi connectivity index (χ1n) is 20.6. The number of benzene rings is 9. The molecule has 0 spiro atoms. The number of fused-ring (bicyclic) bond motifs is 3. The van der Waals surface area contributed by atoms with Gasteiger partial charge in [0.05, 0.1) is 11.0 Å². The lowest BCUT2D eigenvalue weighted by Gasteiger charge is -2.14. The Morgan fingerprint density at radius 1 is 0.262 bits per heavy atom. The standard InChI is InChI=1S/C57H38N4/c1-5-17-39(18-6-1)41-31-33-44(34-32-41)56-58-55(43-23-11-4-12-24-43)59-57(60-56)48-37-51(42-21-9-3-10-22-42)54-50-29-13-14-30-52(50)61(53(54)38-48)49-28-16-27-47(36-49)46-26-15-25-45(35-46)40-19-7-2-8-20-40/h1-38H. The molecule has 286 valence electrons. The van der Waals surface area contributed by atoms with Crippen molar-refractivity contribution in [3.05, 3.63) is 231 Å². The minimum atomic E-state index is 0.610. The van der Waals surface area contributed by atoms with Gasteiger partial charge in [0, 0.05) is 33.2 Å². The lowest BCUT2D eigenvalue weighted by Crippen LogP contribution is -2.01. The summed E-state index contributed by atoms with van der Waals surface area (Å²) in [5, 5.41) is 2.36. The van der Waals surface area contributed by atoms with Crippen molar-refractivity contribution < 1.29 is 0 Å². The monoisotopic (exact) mass is 778 g/mol. The highest BCUT2D eigenvalue weighted by Gasteiger charge is 2.21. The van der Waals surface area contributed by atoms with E-state index in [4.69, 9.17) is 15.0 Å². The van der Waals surface area contributed by atoms with Crippen LogP contribution in [0.25, 0.3) is 106 Å². The summed E-state index contributed by atoms with van der Waals surface area (Å²) in [7, 11) is 0. The topological polar surface area (TPSA) is 43.6 Å². The molecule has 0 fully saturated rings. The van der Waals surface area contributed by atoms with Gasteiger partial charge in [-0.3, -0.25) is 0 Å². The first-order chi connectivity index (χ1) is 30.2. The van der Waals surface area contributed by atoms with Crippen LogP contribution in [0, 0.1) is 0 Å². The van der Waals surface area contributed by atoms with Crippen molar-refractivity contribution in [2.24, 2.45) is 0 Å². The molecule has 0 atom stereocenters. The maximum absolute atomic E-state index is 5.26. The van der Waals surface area contributed by atoms with Crippen LogP contribution in [0.15, 0.2) is 231 Å². The third-order valence-corrected chi connectivity index (χ3v) is 11.4. The number of hydrogen-bond acceptors (Lipinski definition) is 3. The van der Waals surface area contributed by atoms with Crippen LogP contribution in [0.2, 0.25) is 0 Å². The molecule has 0 unspecified atom stereocenters. The molecule has 61 heavy (non-hydrogen) atoms. The average molecular weight is 779 g/mol. The molecule has 11 rings (SSSR count). The zero-order valence-corrected chi connectivity index (χ0v) is 33.2. The Kier molecular flexibility index (Phi) is 9.14. The molecule has 0 saturated heterocycles. The van der Waals surface area contributed by atoms with Crippen LogP contribution in [-0.2, 0) is 0 Å². The average Bonchev–Trinajstić information content (AvgIpc) is 3.69. The summed E-state index contributed by atoms with van der Waals surface area (Å²) < 4.78 is 2.40. The molecule has 2 heterocycles. The number of aromatic nitrogens is 4. The first kappa shape index (κ1) is 35.9. The van der Waals surface area contributed by atoms with E-state index in [1.54, 1.807) is 0 Å². The highest BCUT2D eigenvalue weighted by atomic mass is 15.0. The van der Waals surface area contributed by atoms with Gasteiger partial charge in [-0.15, -0.1) is 0 Å². The van der Waals surface area contributed by atoms with Crippen molar-refractivity contribution >= 4 is 21.8 Å². The van der Waals surface area contributed by atoms with Crippen LogP contribution >= 0.6 is 0 Å². The number of nitrogens with zero attached hydrogens (tertiary/aromatic N) is 4. The zero-order chi connectivity index (χ0) is 40.5. The Hall–Kier alpha value is -8.21. The van der Waals surface area contributed by atoms with Crippen molar-refractivity contribution in [1.82, 2.24) is 19.5 Å². The highest BCUT2D eigenvalue weighted by molar-refractivity contribution is 6.17. The predicted octanol–water partition coefficient (Wildman–Crippen LogP) is 14.6. The fourth-order valence-electron chi connectivity index (χ4n) is 8.47. The van der Waals surface area contributed by atoms with E-state index < -0.39 is 0 Å². The molecule has 0 N–H and O–H groups in total. The van der Waals surface area contributed by atoms with Crippen molar-refractivity contribution in [1.29, 1.82) is 0 Å². The third-order valence-electron chi connectivity index (χ3n) is 11.4. The van der Waals surface area contributed by atoms with Crippen molar-refractivity contribution in [2.75, 3.05) is 0 Å². The summed E-state index contributed by atoms with van der Waals surface area (Å²) in [4.78, 5) is 15.6. The van der Waals surface area contributed by atoms with Crippen LogP contribution in [0.3, 0.4) is 0 Å². The normalized spacial score (nSPS) is 11.3. The second-order valence-electron chi connectivity index (χ2n) is 15.2. The summed E-state index contributed by atoms with van der Waals surface area (Å²) in [5.74, 6) is 1.86. The minimum absolute atomic E-state index is 0.610. The molecule has 0 aliphatic heterocycles. The zero-order valence-electron chi connectivity index (χ0n) is 33.2. The van der Waals surface area contributed by atoms with Crippen molar-refractivity contribution in [3.63, 3.8) is 0 Å². The third kappa shape index (κ3) is 6.86. The summed E-state index contributed by atoms with van der Waals surface area (Å²) in [6.07, 6.45) is 0. The Morgan fingerprint density at radius 3 is 1.33 bits per heavy atom. The lowest BCUT2D eigenvalue weighted by molar-refractivity contribution is 1.07. The Bertz CT molecular complexity index is 3320. The van der Waals surface area contributed by atoms with Crippen LogP contribution in [0.5, 0.6) is 0 Å². The van der Waals surface area contributed by atoms with Gasteiger partial charge >= 0.3 is 0 Å². The molecular weight excluding hydrogens is 741 g/mol. The van der Waals surface area contributed by atoms with Crippen molar-refractivity contribution in [3.8, 4) is 84.4 Å². The molecule has 4 nitrogen and oxygen atoms in total. The Balaban J connectivity index is 1.13.